The van der Waals surface area contributed by atoms with E-state index in [9.17, 15) is 13.2 Å². The predicted octanol–water partition coefficient (Wildman–Crippen LogP) is 2.73. The highest BCUT2D eigenvalue weighted by molar-refractivity contribution is 7.89. The third kappa shape index (κ3) is 4.05. The molecule has 0 aliphatic carbocycles. The van der Waals surface area contributed by atoms with Gasteiger partial charge >= 0.3 is 0 Å². The number of carbonyl (C=O) groups is 1. The summed E-state index contributed by atoms with van der Waals surface area (Å²) in [5.74, 6) is 0.371. The molecule has 1 aliphatic rings. The molecule has 0 atom stereocenters. The molecular formula is C19H22N2O4S. The Morgan fingerprint density at radius 1 is 1.04 bits per heavy atom. The van der Waals surface area contributed by atoms with Gasteiger partial charge in [0.05, 0.1) is 12.0 Å². The average molecular weight is 374 g/mol. The second-order valence-corrected chi connectivity index (χ2v) is 8.15. The number of nitrogens with one attached hydrogen (secondary N) is 1. The largest absolute Gasteiger partial charge is 0.497 e. The van der Waals surface area contributed by atoms with Gasteiger partial charge in [0, 0.05) is 24.7 Å². The normalized spacial score (nSPS) is 16.2. The van der Waals surface area contributed by atoms with Crippen molar-refractivity contribution in [2.75, 3.05) is 25.5 Å². The molecule has 1 heterocycles. The van der Waals surface area contributed by atoms with Gasteiger partial charge in [0.2, 0.25) is 15.9 Å². The first-order chi connectivity index (χ1) is 12.5. The number of nitrogens with zero attached hydrogens (tertiary/aromatic N) is 1. The van der Waals surface area contributed by atoms with Gasteiger partial charge in [-0.15, -0.1) is 0 Å². The number of hydrogen-bond donors (Lipinski definition) is 1. The van der Waals surface area contributed by atoms with E-state index in [-0.39, 0.29) is 16.7 Å². The molecule has 0 spiro atoms. The summed E-state index contributed by atoms with van der Waals surface area (Å²) in [5.41, 5.74) is 0.755. The second-order valence-electron chi connectivity index (χ2n) is 6.21. The first-order valence-corrected chi connectivity index (χ1v) is 9.95. The SMILES string of the molecule is COc1ccc(S(=O)(=O)N2CCC(C(=O)Nc3ccccc3)CC2)cc1. The van der Waals surface area contributed by atoms with Crippen molar-refractivity contribution >= 4 is 21.6 Å². The molecule has 2 aromatic rings. The maximum Gasteiger partial charge on any atom is 0.243 e. The van der Waals surface area contributed by atoms with Gasteiger partial charge in [-0.05, 0) is 49.2 Å². The Balaban J connectivity index is 1.61. The molecule has 7 heteroatoms. The van der Waals surface area contributed by atoms with Crippen LogP contribution < -0.4 is 10.1 Å². The minimum absolute atomic E-state index is 0.0577. The van der Waals surface area contributed by atoms with E-state index >= 15 is 0 Å². The highest BCUT2D eigenvalue weighted by Crippen LogP contribution is 2.26. The fourth-order valence-corrected chi connectivity index (χ4v) is 4.49. The number of ether oxygens (including phenoxy) is 1. The van der Waals surface area contributed by atoms with E-state index in [0.717, 1.165) is 5.69 Å². The van der Waals surface area contributed by atoms with Crippen LogP contribution in [-0.2, 0) is 14.8 Å². The number of methoxy groups -OCH3 is 1. The molecule has 1 amide bonds. The van der Waals surface area contributed by atoms with Crippen LogP contribution in [0.2, 0.25) is 0 Å². The lowest BCUT2D eigenvalue weighted by molar-refractivity contribution is -0.120. The summed E-state index contributed by atoms with van der Waals surface area (Å²) in [5, 5.41) is 2.89. The van der Waals surface area contributed by atoms with E-state index in [4.69, 9.17) is 4.74 Å². The maximum atomic E-state index is 12.7. The van der Waals surface area contributed by atoms with Gasteiger partial charge in [0.15, 0.2) is 0 Å². The second kappa shape index (κ2) is 7.88. The lowest BCUT2D eigenvalue weighted by Crippen LogP contribution is -2.41. The van der Waals surface area contributed by atoms with Crippen molar-refractivity contribution in [3.05, 3.63) is 54.6 Å². The highest BCUT2D eigenvalue weighted by Gasteiger charge is 2.32. The predicted molar refractivity (Wildman–Crippen MR) is 99.5 cm³/mol. The first-order valence-electron chi connectivity index (χ1n) is 8.51. The molecule has 1 saturated heterocycles. The van der Waals surface area contributed by atoms with Crippen LogP contribution in [0, 0.1) is 5.92 Å². The van der Waals surface area contributed by atoms with Crippen LogP contribution in [0.5, 0.6) is 5.75 Å². The molecule has 0 aromatic heterocycles. The van der Waals surface area contributed by atoms with E-state index in [0.29, 0.717) is 31.7 Å². The molecule has 138 valence electrons. The van der Waals surface area contributed by atoms with Crippen LogP contribution in [0.3, 0.4) is 0 Å². The van der Waals surface area contributed by atoms with Crippen LogP contribution >= 0.6 is 0 Å². The van der Waals surface area contributed by atoms with Crippen LogP contribution in [-0.4, -0.2) is 38.8 Å². The molecule has 0 bridgehead atoms. The fourth-order valence-electron chi connectivity index (χ4n) is 3.02. The number of piperidine rings is 1. The van der Waals surface area contributed by atoms with Gasteiger partial charge in [-0.1, -0.05) is 18.2 Å². The van der Waals surface area contributed by atoms with Crippen molar-refractivity contribution in [1.82, 2.24) is 4.31 Å². The van der Waals surface area contributed by atoms with Gasteiger partial charge in [-0.2, -0.15) is 4.31 Å². The quantitative estimate of drug-likeness (QED) is 0.873. The number of hydrogen-bond acceptors (Lipinski definition) is 4. The van der Waals surface area contributed by atoms with E-state index < -0.39 is 10.0 Å². The molecule has 1 N–H and O–H groups in total. The number of amides is 1. The van der Waals surface area contributed by atoms with Crippen LogP contribution in [0.15, 0.2) is 59.5 Å². The summed E-state index contributed by atoms with van der Waals surface area (Å²) in [6.45, 7) is 0.669. The van der Waals surface area contributed by atoms with Crippen LogP contribution in [0.4, 0.5) is 5.69 Å². The van der Waals surface area contributed by atoms with Crippen molar-refractivity contribution in [2.45, 2.75) is 17.7 Å². The monoisotopic (exact) mass is 374 g/mol. The standard InChI is InChI=1S/C19H22N2O4S/c1-25-17-7-9-18(10-8-17)26(23,24)21-13-11-15(12-14-21)19(22)20-16-5-3-2-4-6-16/h2-10,15H,11-14H2,1H3,(H,20,22). The fraction of sp³-hybridized carbons (Fsp3) is 0.316. The minimum atomic E-state index is -3.55. The molecule has 3 rings (SSSR count). The van der Waals surface area contributed by atoms with E-state index in [1.165, 1.54) is 11.4 Å². The van der Waals surface area contributed by atoms with Gasteiger partial charge in [0.25, 0.3) is 0 Å². The molecule has 0 unspecified atom stereocenters. The Labute approximate surface area is 153 Å². The Morgan fingerprint density at radius 2 is 1.65 bits per heavy atom. The lowest BCUT2D eigenvalue weighted by Gasteiger charge is -2.30. The molecule has 1 aliphatic heterocycles. The number of sulfonamides is 1. The number of benzene rings is 2. The van der Waals surface area contributed by atoms with Gasteiger partial charge < -0.3 is 10.1 Å². The number of rotatable bonds is 5. The van der Waals surface area contributed by atoms with Crippen molar-refractivity contribution in [3.8, 4) is 5.75 Å². The highest BCUT2D eigenvalue weighted by atomic mass is 32.2. The Kier molecular flexibility index (Phi) is 5.58. The summed E-state index contributed by atoms with van der Waals surface area (Å²) < 4.78 is 32.0. The summed E-state index contributed by atoms with van der Waals surface area (Å²) in [6, 6.07) is 15.6. The molecular weight excluding hydrogens is 352 g/mol. The Hall–Kier alpha value is -2.38. The summed E-state index contributed by atoms with van der Waals surface area (Å²) in [7, 11) is -2.01. The maximum absolute atomic E-state index is 12.7. The average Bonchev–Trinajstić information content (AvgIpc) is 2.69. The van der Waals surface area contributed by atoms with Crippen molar-refractivity contribution in [1.29, 1.82) is 0 Å². The third-order valence-corrected chi connectivity index (χ3v) is 6.48. The van der Waals surface area contributed by atoms with Crippen molar-refractivity contribution in [2.24, 2.45) is 5.92 Å². The van der Waals surface area contributed by atoms with Crippen LogP contribution in [0.25, 0.3) is 0 Å². The van der Waals surface area contributed by atoms with Crippen LogP contribution in [0.1, 0.15) is 12.8 Å². The topological polar surface area (TPSA) is 75.7 Å². The summed E-state index contributed by atoms with van der Waals surface area (Å²) in [4.78, 5) is 12.6. The zero-order valence-corrected chi connectivity index (χ0v) is 15.4. The van der Waals surface area contributed by atoms with E-state index in [1.54, 1.807) is 24.3 Å². The molecule has 1 fully saturated rings. The Bertz CT molecular complexity index is 843. The number of para-hydroxylation sites is 1. The first kappa shape index (κ1) is 18.4. The zero-order valence-electron chi connectivity index (χ0n) is 14.6. The summed E-state index contributed by atoms with van der Waals surface area (Å²) in [6.07, 6.45) is 1.02. The van der Waals surface area contributed by atoms with E-state index in [1.807, 2.05) is 30.3 Å². The molecule has 0 saturated carbocycles. The minimum Gasteiger partial charge on any atom is -0.497 e. The van der Waals surface area contributed by atoms with Gasteiger partial charge in [0.1, 0.15) is 5.75 Å². The van der Waals surface area contributed by atoms with Crippen molar-refractivity contribution < 1.29 is 17.9 Å². The lowest BCUT2D eigenvalue weighted by atomic mass is 9.97. The smallest absolute Gasteiger partial charge is 0.243 e. The van der Waals surface area contributed by atoms with Gasteiger partial charge in [-0.25, -0.2) is 8.42 Å². The number of anilines is 1. The Morgan fingerprint density at radius 3 is 2.23 bits per heavy atom. The molecule has 6 nitrogen and oxygen atoms in total. The summed E-state index contributed by atoms with van der Waals surface area (Å²) >= 11 is 0. The van der Waals surface area contributed by atoms with Crippen molar-refractivity contribution in [3.63, 3.8) is 0 Å². The van der Waals surface area contributed by atoms with Gasteiger partial charge in [-0.3, -0.25) is 4.79 Å². The third-order valence-electron chi connectivity index (χ3n) is 4.56. The molecule has 2 aromatic carbocycles. The molecule has 26 heavy (non-hydrogen) atoms. The number of carbonyl (C=O) groups excluding carboxylic acids is 1. The van der Waals surface area contributed by atoms with E-state index in [2.05, 4.69) is 5.32 Å². The molecule has 0 radical (unpaired) electrons. The zero-order chi connectivity index (χ0) is 18.6.